The summed E-state index contributed by atoms with van der Waals surface area (Å²) in [7, 11) is 0. The van der Waals surface area contributed by atoms with Gasteiger partial charge in [-0.3, -0.25) is 5.32 Å². The molecule has 0 radical (unpaired) electrons. The molecule has 0 aliphatic heterocycles. The van der Waals surface area contributed by atoms with Crippen molar-refractivity contribution >= 4 is 17.7 Å². The van der Waals surface area contributed by atoms with Crippen LogP contribution in [-0.4, -0.2) is 40.8 Å². The fourth-order valence-corrected chi connectivity index (χ4v) is 2.82. The lowest BCUT2D eigenvalue weighted by Crippen LogP contribution is -2.51. The van der Waals surface area contributed by atoms with Crippen molar-refractivity contribution in [2.75, 3.05) is 24.7 Å². The van der Waals surface area contributed by atoms with Crippen LogP contribution in [0.25, 0.3) is 0 Å². The average Bonchev–Trinajstić information content (AvgIpc) is 2.43. The summed E-state index contributed by atoms with van der Waals surface area (Å²) in [6, 6.07) is 9.22. The average molecular weight is 283 g/mol. The summed E-state index contributed by atoms with van der Waals surface area (Å²) < 4.78 is 0. The van der Waals surface area contributed by atoms with E-state index in [2.05, 4.69) is 5.32 Å². The lowest BCUT2D eigenvalue weighted by molar-refractivity contribution is -0.144. The van der Waals surface area contributed by atoms with E-state index >= 15 is 0 Å². The number of hydrogen-bond donors (Lipinski definition) is 3. The molecule has 1 rings (SSSR count). The number of carboxylic acids is 1. The van der Waals surface area contributed by atoms with Crippen LogP contribution in [-0.2, 0) is 10.3 Å². The fourth-order valence-electron chi connectivity index (χ4n) is 1.85. The molecule has 0 aliphatic rings. The molecule has 3 N–H and O–H groups in total. The van der Waals surface area contributed by atoms with Crippen molar-refractivity contribution in [3.8, 4) is 0 Å². The number of rotatable bonds is 9. The van der Waals surface area contributed by atoms with Crippen molar-refractivity contribution in [1.82, 2.24) is 5.32 Å². The predicted molar refractivity (Wildman–Crippen MR) is 78.5 cm³/mol. The highest BCUT2D eigenvalue weighted by molar-refractivity contribution is 7.99. The molecule has 0 aromatic heterocycles. The van der Waals surface area contributed by atoms with Gasteiger partial charge in [0.05, 0.1) is 6.61 Å². The Kier molecular flexibility index (Phi) is 6.91. The normalized spacial score (nSPS) is 14.0. The van der Waals surface area contributed by atoms with E-state index in [0.29, 0.717) is 18.1 Å². The largest absolute Gasteiger partial charge is 0.480 e. The van der Waals surface area contributed by atoms with Crippen LogP contribution in [0, 0.1) is 0 Å². The van der Waals surface area contributed by atoms with E-state index in [1.807, 2.05) is 37.3 Å². The molecule has 4 nitrogen and oxygen atoms in total. The monoisotopic (exact) mass is 283 g/mol. The second-order valence-electron chi connectivity index (χ2n) is 4.28. The van der Waals surface area contributed by atoms with E-state index in [0.717, 1.165) is 12.0 Å². The number of carboxylic acid groups (broad SMARTS) is 1. The van der Waals surface area contributed by atoms with Crippen LogP contribution >= 0.6 is 11.8 Å². The highest BCUT2D eigenvalue weighted by atomic mass is 32.2. The zero-order valence-electron chi connectivity index (χ0n) is 11.1. The molecule has 106 valence electrons. The van der Waals surface area contributed by atoms with Gasteiger partial charge in [0.1, 0.15) is 0 Å². The molecule has 19 heavy (non-hydrogen) atoms. The van der Waals surface area contributed by atoms with E-state index in [4.69, 9.17) is 5.11 Å². The Morgan fingerprint density at radius 2 is 2.05 bits per heavy atom. The Labute approximate surface area is 118 Å². The van der Waals surface area contributed by atoms with Crippen LogP contribution in [0.1, 0.15) is 18.9 Å². The van der Waals surface area contributed by atoms with E-state index in [1.165, 1.54) is 11.8 Å². The van der Waals surface area contributed by atoms with Crippen molar-refractivity contribution in [3.05, 3.63) is 35.9 Å². The van der Waals surface area contributed by atoms with Crippen LogP contribution in [0.3, 0.4) is 0 Å². The van der Waals surface area contributed by atoms with Crippen molar-refractivity contribution in [2.24, 2.45) is 0 Å². The van der Waals surface area contributed by atoms with Crippen molar-refractivity contribution in [3.63, 3.8) is 0 Å². The molecular formula is C14H21NO3S. The lowest BCUT2D eigenvalue weighted by Gasteiger charge is -2.31. The molecule has 0 aliphatic carbocycles. The van der Waals surface area contributed by atoms with Crippen LogP contribution < -0.4 is 5.32 Å². The maximum Gasteiger partial charge on any atom is 0.329 e. The van der Waals surface area contributed by atoms with Gasteiger partial charge in [-0.05, 0) is 18.5 Å². The molecule has 0 bridgehead atoms. The molecule has 1 aromatic carbocycles. The van der Waals surface area contributed by atoms with Gasteiger partial charge in [0, 0.05) is 11.5 Å². The minimum Gasteiger partial charge on any atom is -0.480 e. The van der Waals surface area contributed by atoms with Crippen molar-refractivity contribution in [2.45, 2.75) is 18.9 Å². The Balaban J connectivity index is 3.00. The van der Waals surface area contributed by atoms with E-state index in [-0.39, 0.29) is 6.61 Å². The zero-order valence-corrected chi connectivity index (χ0v) is 11.9. The first-order valence-electron chi connectivity index (χ1n) is 6.40. The zero-order chi connectivity index (χ0) is 14.1. The molecule has 0 fully saturated rings. The Bertz CT molecular complexity index is 386. The second kappa shape index (κ2) is 8.19. The van der Waals surface area contributed by atoms with Gasteiger partial charge in [-0.25, -0.2) is 4.79 Å². The molecule has 0 saturated carbocycles. The smallest absolute Gasteiger partial charge is 0.329 e. The molecule has 1 aromatic rings. The number of benzene rings is 1. The van der Waals surface area contributed by atoms with Crippen LogP contribution in [0.15, 0.2) is 30.3 Å². The van der Waals surface area contributed by atoms with E-state index in [9.17, 15) is 9.90 Å². The van der Waals surface area contributed by atoms with Crippen LogP contribution in [0.2, 0.25) is 0 Å². The standard InChI is InChI=1S/C14H21NO3S/c1-2-8-15-14(13(17)18,11-19-10-9-16)12-6-4-3-5-7-12/h3-7,15-16H,2,8-11H2,1H3,(H,17,18). The van der Waals surface area contributed by atoms with Crippen LogP contribution in [0.4, 0.5) is 0 Å². The molecular weight excluding hydrogens is 262 g/mol. The first kappa shape index (κ1) is 16.0. The third-order valence-corrected chi connectivity index (χ3v) is 3.97. The number of hydrogen-bond acceptors (Lipinski definition) is 4. The number of thioether (sulfide) groups is 1. The quantitative estimate of drug-likeness (QED) is 0.602. The molecule has 0 saturated heterocycles. The maximum atomic E-state index is 11.8. The number of aliphatic hydroxyl groups is 1. The highest BCUT2D eigenvalue weighted by Crippen LogP contribution is 2.26. The number of nitrogens with one attached hydrogen (secondary N) is 1. The number of aliphatic hydroxyl groups excluding tert-OH is 1. The van der Waals surface area contributed by atoms with Gasteiger partial charge in [0.25, 0.3) is 0 Å². The first-order valence-corrected chi connectivity index (χ1v) is 7.55. The summed E-state index contributed by atoms with van der Waals surface area (Å²) in [5.41, 5.74) is -0.335. The Morgan fingerprint density at radius 3 is 2.58 bits per heavy atom. The third-order valence-electron chi connectivity index (χ3n) is 2.86. The van der Waals surface area contributed by atoms with E-state index < -0.39 is 11.5 Å². The van der Waals surface area contributed by atoms with Gasteiger partial charge in [-0.15, -0.1) is 0 Å². The lowest BCUT2D eigenvalue weighted by atomic mass is 9.91. The molecule has 0 amide bonds. The van der Waals surface area contributed by atoms with Gasteiger partial charge in [-0.2, -0.15) is 11.8 Å². The highest BCUT2D eigenvalue weighted by Gasteiger charge is 2.39. The summed E-state index contributed by atoms with van der Waals surface area (Å²) in [6.07, 6.45) is 0.868. The molecule has 0 heterocycles. The number of carbonyl (C=O) groups is 1. The number of aliphatic carboxylic acids is 1. The molecule has 1 unspecified atom stereocenters. The summed E-state index contributed by atoms with van der Waals surface area (Å²) in [5.74, 6) is 0.0559. The Morgan fingerprint density at radius 1 is 1.37 bits per heavy atom. The first-order chi connectivity index (χ1) is 9.17. The van der Waals surface area contributed by atoms with Gasteiger partial charge in [-0.1, -0.05) is 37.3 Å². The minimum absolute atomic E-state index is 0.0585. The van der Waals surface area contributed by atoms with Gasteiger partial charge in [0.2, 0.25) is 0 Å². The van der Waals surface area contributed by atoms with Crippen molar-refractivity contribution < 1.29 is 15.0 Å². The topological polar surface area (TPSA) is 69.6 Å². The summed E-state index contributed by atoms with van der Waals surface area (Å²) >= 11 is 1.44. The van der Waals surface area contributed by atoms with Crippen molar-refractivity contribution in [1.29, 1.82) is 0 Å². The fraction of sp³-hybridized carbons (Fsp3) is 0.500. The van der Waals surface area contributed by atoms with Gasteiger partial charge >= 0.3 is 5.97 Å². The minimum atomic E-state index is -1.09. The summed E-state index contributed by atoms with van der Waals surface area (Å²) in [5, 5.41) is 21.7. The van der Waals surface area contributed by atoms with Gasteiger partial charge in [0.15, 0.2) is 5.54 Å². The van der Waals surface area contributed by atoms with Gasteiger partial charge < -0.3 is 10.2 Å². The molecule has 0 spiro atoms. The van der Waals surface area contributed by atoms with Crippen LogP contribution in [0.5, 0.6) is 0 Å². The summed E-state index contributed by atoms with van der Waals surface area (Å²) in [4.78, 5) is 11.8. The second-order valence-corrected chi connectivity index (χ2v) is 5.38. The molecule has 5 heteroatoms. The third kappa shape index (κ3) is 4.23. The predicted octanol–water partition coefficient (Wildman–Crippen LogP) is 1.69. The SMILES string of the molecule is CCCNC(CSCCO)(C(=O)O)c1ccccc1. The molecule has 1 atom stereocenters. The maximum absolute atomic E-state index is 11.8. The Hall–Kier alpha value is -1.04. The van der Waals surface area contributed by atoms with E-state index in [1.54, 1.807) is 0 Å². The summed E-state index contributed by atoms with van der Waals surface area (Å²) in [6.45, 7) is 2.70.